The largest absolute Gasteiger partial charge is 0.383 e. The van der Waals surface area contributed by atoms with E-state index < -0.39 is 0 Å². The Labute approximate surface area is 138 Å². The monoisotopic (exact) mass is 330 g/mol. The lowest BCUT2D eigenvalue weighted by Gasteiger charge is -2.05. The third-order valence-electron chi connectivity index (χ3n) is 4.51. The second-order valence-corrected chi connectivity index (χ2v) is 6.18. The number of H-pyrrole nitrogens is 2. The van der Waals surface area contributed by atoms with E-state index in [9.17, 15) is 9.59 Å². The second kappa shape index (κ2) is 6.86. The van der Waals surface area contributed by atoms with Gasteiger partial charge >= 0.3 is 11.4 Å². The number of nitrogens with zero attached hydrogens (tertiary/aromatic N) is 2. The number of nitrogen functional groups attached to an aromatic ring is 2. The fourth-order valence-corrected chi connectivity index (χ4v) is 3.33. The molecule has 2 aliphatic rings. The summed E-state index contributed by atoms with van der Waals surface area (Å²) < 4.78 is 0. The van der Waals surface area contributed by atoms with E-state index in [0.29, 0.717) is 11.6 Å². The number of hydrogen-bond acceptors (Lipinski definition) is 6. The zero-order chi connectivity index (χ0) is 17.1. The quantitative estimate of drug-likeness (QED) is 0.517. The molecule has 0 unspecified atom stereocenters. The maximum absolute atomic E-state index is 11.0. The summed E-state index contributed by atoms with van der Waals surface area (Å²) in [4.78, 5) is 34.6. The normalized spacial score (nSPS) is 15.7. The van der Waals surface area contributed by atoms with Gasteiger partial charge in [0.25, 0.3) is 0 Å². The standard InChI is InChI=1S/C9H13N3O.C7H9N3O/c10-8-6-4-2-1-3-5-7(6)11-9(13)12-8;8-6-4-2-1-3-5(4)9-7(11)10-6/h1-5H2,(H3,10,11,12,13);1-3H2,(H3,8,9,10,11). The molecule has 6 N–H and O–H groups in total. The Morgan fingerprint density at radius 1 is 0.667 bits per heavy atom. The Morgan fingerprint density at radius 2 is 1.12 bits per heavy atom. The third-order valence-corrected chi connectivity index (χ3v) is 4.51. The van der Waals surface area contributed by atoms with Gasteiger partial charge in [0, 0.05) is 22.5 Å². The van der Waals surface area contributed by atoms with Crippen LogP contribution in [0.3, 0.4) is 0 Å². The van der Waals surface area contributed by atoms with Crippen molar-refractivity contribution in [2.45, 2.75) is 51.4 Å². The molecule has 0 atom stereocenters. The molecule has 0 fully saturated rings. The lowest BCUT2D eigenvalue weighted by molar-refractivity contribution is 0.708. The van der Waals surface area contributed by atoms with E-state index >= 15 is 0 Å². The summed E-state index contributed by atoms with van der Waals surface area (Å²) in [6, 6.07) is 0. The Morgan fingerprint density at radius 3 is 1.71 bits per heavy atom. The van der Waals surface area contributed by atoms with Crippen molar-refractivity contribution >= 4 is 11.6 Å². The average Bonchev–Trinajstić information content (AvgIpc) is 2.85. The highest BCUT2D eigenvalue weighted by Crippen LogP contribution is 2.22. The van der Waals surface area contributed by atoms with Crippen LogP contribution in [0.15, 0.2) is 9.59 Å². The van der Waals surface area contributed by atoms with Crippen molar-refractivity contribution in [2.24, 2.45) is 0 Å². The molecule has 8 heteroatoms. The van der Waals surface area contributed by atoms with E-state index in [2.05, 4.69) is 19.9 Å². The van der Waals surface area contributed by atoms with Gasteiger partial charge in [-0.05, 0) is 44.9 Å². The molecule has 24 heavy (non-hydrogen) atoms. The van der Waals surface area contributed by atoms with Crippen LogP contribution in [0.1, 0.15) is 48.2 Å². The molecule has 128 valence electrons. The van der Waals surface area contributed by atoms with Crippen molar-refractivity contribution < 1.29 is 0 Å². The summed E-state index contributed by atoms with van der Waals surface area (Å²) in [5.74, 6) is 0.821. The lowest BCUT2D eigenvalue weighted by Crippen LogP contribution is -2.17. The van der Waals surface area contributed by atoms with Gasteiger partial charge in [0.15, 0.2) is 0 Å². The molecule has 0 amide bonds. The molecule has 4 rings (SSSR count). The molecule has 0 saturated heterocycles. The van der Waals surface area contributed by atoms with Crippen LogP contribution in [0, 0.1) is 0 Å². The van der Waals surface area contributed by atoms with Crippen molar-refractivity contribution in [2.75, 3.05) is 11.5 Å². The molecule has 2 aliphatic carbocycles. The van der Waals surface area contributed by atoms with Crippen molar-refractivity contribution in [1.29, 1.82) is 0 Å². The van der Waals surface area contributed by atoms with Crippen LogP contribution in [0.2, 0.25) is 0 Å². The molecule has 2 heterocycles. The van der Waals surface area contributed by atoms with Crippen LogP contribution in [0.4, 0.5) is 11.6 Å². The number of fused-ring (bicyclic) bond motifs is 2. The minimum Gasteiger partial charge on any atom is -0.383 e. The van der Waals surface area contributed by atoms with E-state index in [1.807, 2.05) is 0 Å². The Balaban J connectivity index is 0.000000143. The first-order chi connectivity index (χ1) is 11.5. The second-order valence-electron chi connectivity index (χ2n) is 6.18. The fraction of sp³-hybridized carbons (Fsp3) is 0.500. The molecule has 8 nitrogen and oxygen atoms in total. The van der Waals surface area contributed by atoms with Crippen LogP contribution < -0.4 is 22.8 Å². The van der Waals surface area contributed by atoms with Gasteiger partial charge in [-0.2, -0.15) is 9.97 Å². The van der Waals surface area contributed by atoms with Gasteiger partial charge in [0.2, 0.25) is 0 Å². The number of aryl methyl sites for hydroxylation is 2. The third kappa shape index (κ3) is 3.47. The van der Waals surface area contributed by atoms with Gasteiger partial charge in [-0.1, -0.05) is 6.42 Å². The molecule has 0 aliphatic heterocycles. The summed E-state index contributed by atoms with van der Waals surface area (Å²) >= 11 is 0. The van der Waals surface area contributed by atoms with Crippen LogP contribution in [-0.4, -0.2) is 19.9 Å². The number of aromatic amines is 2. The van der Waals surface area contributed by atoms with Crippen molar-refractivity contribution in [3.63, 3.8) is 0 Å². The van der Waals surface area contributed by atoms with E-state index in [0.717, 1.165) is 67.5 Å². The number of rotatable bonds is 0. The molecule has 0 radical (unpaired) electrons. The number of nitrogens with two attached hydrogens (primary N) is 2. The van der Waals surface area contributed by atoms with Crippen LogP contribution in [-0.2, 0) is 25.7 Å². The SMILES string of the molecule is Nc1nc(=O)[nH]c2c1CCC2.Nc1nc(=O)[nH]c2c1CCCCC2. The van der Waals surface area contributed by atoms with Gasteiger partial charge in [-0.3, -0.25) is 0 Å². The maximum atomic E-state index is 11.0. The van der Waals surface area contributed by atoms with Crippen molar-refractivity contribution in [1.82, 2.24) is 19.9 Å². The summed E-state index contributed by atoms with van der Waals surface area (Å²) in [6.07, 6.45) is 8.30. The van der Waals surface area contributed by atoms with E-state index in [1.165, 1.54) is 6.42 Å². The summed E-state index contributed by atoms with van der Waals surface area (Å²) in [6.45, 7) is 0. The number of nitrogens with one attached hydrogen (secondary N) is 2. The first kappa shape index (κ1) is 16.2. The Kier molecular flexibility index (Phi) is 4.64. The highest BCUT2D eigenvalue weighted by Gasteiger charge is 2.15. The van der Waals surface area contributed by atoms with E-state index in [4.69, 9.17) is 11.5 Å². The Bertz CT molecular complexity index is 855. The van der Waals surface area contributed by atoms with Gasteiger partial charge in [-0.15, -0.1) is 0 Å². The first-order valence-electron chi connectivity index (χ1n) is 8.29. The molecule has 0 bridgehead atoms. The topological polar surface area (TPSA) is 144 Å². The summed E-state index contributed by atoms with van der Waals surface area (Å²) in [7, 11) is 0. The van der Waals surface area contributed by atoms with Crippen molar-refractivity contribution in [3.8, 4) is 0 Å². The Hall–Kier alpha value is -2.64. The van der Waals surface area contributed by atoms with Gasteiger partial charge < -0.3 is 21.4 Å². The zero-order valence-electron chi connectivity index (χ0n) is 13.5. The number of aromatic nitrogens is 4. The first-order valence-corrected chi connectivity index (χ1v) is 8.29. The minimum absolute atomic E-state index is 0.321. The number of hydrogen-bond donors (Lipinski definition) is 4. The molecule has 2 aromatic rings. The van der Waals surface area contributed by atoms with E-state index in [1.54, 1.807) is 0 Å². The lowest BCUT2D eigenvalue weighted by atomic mass is 10.1. The van der Waals surface area contributed by atoms with Gasteiger partial charge in [0.05, 0.1) is 0 Å². The van der Waals surface area contributed by atoms with Crippen molar-refractivity contribution in [3.05, 3.63) is 43.5 Å². The average molecular weight is 330 g/mol. The fourth-order valence-electron chi connectivity index (χ4n) is 3.33. The molecule has 2 aromatic heterocycles. The summed E-state index contributed by atoms with van der Waals surface area (Å²) in [5, 5.41) is 0. The van der Waals surface area contributed by atoms with Crippen LogP contribution in [0.5, 0.6) is 0 Å². The summed E-state index contributed by atoms with van der Waals surface area (Å²) in [5.41, 5.74) is 14.6. The minimum atomic E-state index is -0.330. The predicted octanol–water partition coefficient (Wildman–Crippen LogP) is 0.462. The molecule has 0 aromatic carbocycles. The zero-order valence-corrected chi connectivity index (χ0v) is 13.5. The highest BCUT2D eigenvalue weighted by molar-refractivity contribution is 5.43. The van der Waals surface area contributed by atoms with E-state index in [-0.39, 0.29) is 11.4 Å². The molecule has 0 spiro atoms. The molecular formula is C16H22N6O2. The number of anilines is 2. The van der Waals surface area contributed by atoms with Crippen LogP contribution in [0.25, 0.3) is 0 Å². The van der Waals surface area contributed by atoms with Gasteiger partial charge in [-0.25, -0.2) is 9.59 Å². The predicted molar refractivity (Wildman–Crippen MR) is 91.8 cm³/mol. The smallest absolute Gasteiger partial charge is 0.347 e. The van der Waals surface area contributed by atoms with Crippen LogP contribution >= 0.6 is 0 Å². The maximum Gasteiger partial charge on any atom is 0.347 e. The molecule has 0 saturated carbocycles. The van der Waals surface area contributed by atoms with Gasteiger partial charge in [0.1, 0.15) is 11.6 Å². The molecular weight excluding hydrogens is 308 g/mol. The highest BCUT2D eigenvalue weighted by atomic mass is 16.1.